The van der Waals surface area contributed by atoms with Gasteiger partial charge >= 0.3 is 0 Å². The van der Waals surface area contributed by atoms with Crippen molar-refractivity contribution in [3.8, 4) is 16.9 Å². The van der Waals surface area contributed by atoms with Gasteiger partial charge in [-0.1, -0.05) is 30.3 Å². The zero-order valence-corrected chi connectivity index (χ0v) is 14.1. The molecule has 8 heteroatoms. The van der Waals surface area contributed by atoms with Crippen molar-refractivity contribution in [2.45, 2.75) is 0 Å². The smallest absolute Gasteiger partial charge is 0.271 e. The van der Waals surface area contributed by atoms with E-state index in [9.17, 15) is 15.2 Å². The fraction of sp³-hybridized carbons (Fsp3) is 0. The van der Waals surface area contributed by atoms with Gasteiger partial charge < -0.3 is 10.4 Å². The molecular weight excluding hydrogens is 352 g/mol. The Balaban J connectivity index is 1.84. The fourth-order valence-electron chi connectivity index (χ4n) is 2.67. The number of benzene rings is 2. The molecule has 4 rings (SSSR count). The van der Waals surface area contributed by atoms with Crippen LogP contribution in [-0.2, 0) is 0 Å². The first-order valence-corrected chi connectivity index (χ1v) is 8.53. The van der Waals surface area contributed by atoms with Crippen molar-refractivity contribution in [2.75, 3.05) is 5.32 Å². The lowest BCUT2D eigenvalue weighted by atomic mass is 10.1. The number of nitro benzene ring substituents is 1. The lowest BCUT2D eigenvalue weighted by Crippen LogP contribution is -1.97. The molecule has 0 unspecified atom stereocenters. The lowest BCUT2D eigenvalue weighted by Gasteiger charge is -2.10. The summed E-state index contributed by atoms with van der Waals surface area (Å²) in [5, 5.41) is 26.9. The van der Waals surface area contributed by atoms with Gasteiger partial charge in [0.2, 0.25) is 0 Å². The minimum Gasteiger partial charge on any atom is -0.506 e. The van der Waals surface area contributed by atoms with Gasteiger partial charge in [-0.05, 0) is 11.6 Å². The first-order chi connectivity index (χ1) is 12.6. The Morgan fingerprint density at radius 3 is 2.69 bits per heavy atom. The molecule has 0 atom stereocenters. The molecule has 0 aliphatic heterocycles. The number of thiophene rings is 1. The summed E-state index contributed by atoms with van der Waals surface area (Å²) < 4.78 is 0. The second-order valence-corrected chi connectivity index (χ2v) is 6.36. The number of fused-ring (bicyclic) bond motifs is 1. The number of nitrogens with one attached hydrogen (secondary N) is 1. The Hall–Kier alpha value is -3.52. The average Bonchev–Trinajstić information content (AvgIpc) is 3.09. The SMILES string of the molecule is O=[N+]([O-])c1ccc(O)c(Nc2ncnc3scc(-c4ccccc4)c23)c1. The van der Waals surface area contributed by atoms with Crippen molar-refractivity contribution in [1.29, 1.82) is 0 Å². The summed E-state index contributed by atoms with van der Waals surface area (Å²) in [5.74, 6) is 0.379. The standard InChI is InChI=1S/C18H12N4O3S/c23-15-7-6-12(22(24)25)8-14(15)21-17-16-13(11-4-2-1-3-5-11)9-26-18(16)20-10-19-17/h1-10,23H,(H,19,20,21). The molecule has 4 aromatic rings. The number of nitro groups is 1. The molecule has 7 nitrogen and oxygen atoms in total. The normalized spacial score (nSPS) is 10.8. The largest absolute Gasteiger partial charge is 0.506 e. The fourth-order valence-corrected chi connectivity index (χ4v) is 3.58. The highest BCUT2D eigenvalue weighted by Gasteiger charge is 2.16. The lowest BCUT2D eigenvalue weighted by molar-refractivity contribution is -0.384. The highest BCUT2D eigenvalue weighted by atomic mass is 32.1. The summed E-state index contributed by atoms with van der Waals surface area (Å²) in [7, 11) is 0. The Bertz CT molecular complexity index is 1110. The van der Waals surface area contributed by atoms with E-state index in [1.54, 1.807) is 0 Å². The minimum atomic E-state index is -0.514. The third-order valence-electron chi connectivity index (χ3n) is 3.90. The van der Waals surface area contributed by atoms with Crippen LogP contribution in [0.5, 0.6) is 5.75 Å². The Kier molecular flexibility index (Phi) is 3.94. The molecule has 0 radical (unpaired) electrons. The molecule has 0 aliphatic carbocycles. The van der Waals surface area contributed by atoms with Gasteiger partial charge in [-0.2, -0.15) is 0 Å². The van der Waals surface area contributed by atoms with E-state index in [4.69, 9.17) is 0 Å². The second kappa shape index (κ2) is 6.41. The molecule has 0 spiro atoms. The summed E-state index contributed by atoms with van der Waals surface area (Å²) in [6.45, 7) is 0. The van der Waals surface area contributed by atoms with E-state index < -0.39 is 4.92 Å². The zero-order chi connectivity index (χ0) is 18.1. The third kappa shape index (κ3) is 2.82. The third-order valence-corrected chi connectivity index (χ3v) is 4.79. The van der Waals surface area contributed by atoms with Crippen molar-refractivity contribution in [3.63, 3.8) is 0 Å². The average molecular weight is 364 g/mol. The Labute approximate surface area is 151 Å². The van der Waals surface area contributed by atoms with E-state index >= 15 is 0 Å². The Morgan fingerprint density at radius 1 is 1.12 bits per heavy atom. The molecule has 2 N–H and O–H groups in total. The molecule has 0 saturated carbocycles. The number of rotatable bonds is 4. The predicted octanol–water partition coefficient (Wildman–Crippen LogP) is 4.72. The van der Waals surface area contributed by atoms with Crippen LogP contribution in [0.3, 0.4) is 0 Å². The highest BCUT2D eigenvalue weighted by molar-refractivity contribution is 7.17. The van der Waals surface area contributed by atoms with E-state index in [1.807, 2.05) is 35.7 Å². The van der Waals surface area contributed by atoms with Crippen LogP contribution < -0.4 is 5.32 Å². The number of phenols is 1. The molecule has 2 aromatic carbocycles. The summed E-state index contributed by atoms with van der Waals surface area (Å²) in [6.07, 6.45) is 1.42. The monoisotopic (exact) mass is 364 g/mol. The maximum Gasteiger partial charge on any atom is 0.271 e. The van der Waals surface area contributed by atoms with Gasteiger partial charge in [0.25, 0.3) is 5.69 Å². The van der Waals surface area contributed by atoms with Crippen LogP contribution in [0.1, 0.15) is 0 Å². The number of hydrogen-bond acceptors (Lipinski definition) is 7. The number of nitrogens with zero attached hydrogens (tertiary/aromatic N) is 3. The van der Waals surface area contributed by atoms with Crippen molar-refractivity contribution < 1.29 is 10.0 Å². The van der Waals surface area contributed by atoms with E-state index in [1.165, 1.54) is 35.9 Å². The first kappa shape index (κ1) is 16.0. The van der Waals surface area contributed by atoms with E-state index in [0.717, 1.165) is 21.3 Å². The highest BCUT2D eigenvalue weighted by Crippen LogP contribution is 2.38. The molecular formula is C18H12N4O3S. The van der Waals surface area contributed by atoms with Gasteiger partial charge in [0.1, 0.15) is 22.7 Å². The second-order valence-electron chi connectivity index (χ2n) is 5.50. The first-order valence-electron chi connectivity index (χ1n) is 7.65. The number of anilines is 2. The number of aromatic hydroxyl groups is 1. The van der Waals surface area contributed by atoms with Crippen molar-refractivity contribution >= 4 is 38.7 Å². The van der Waals surface area contributed by atoms with Gasteiger partial charge in [0.15, 0.2) is 0 Å². The molecule has 2 aromatic heterocycles. The number of aromatic nitrogens is 2. The zero-order valence-electron chi connectivity index (χ0n) is 13.3. The number of phenolic OH excluding ortho intramolecular Hbond substituents is 1. The molecule has 2 heterocycles. The summed E-state index contributed by atoms with van der Waals surface area (Å²) in [4.78, 5) is 19.8. The van der Waals surface area contributed by atoms with Crippen LogP contribution in [-0.4, -0.2) is 20.0 Å². The molecule has 26 heavy (non-hydrogen) atoms. The molecule has 0 saturated heterocycles. The topological polar surface area (TPSA) is 101 Å². The quantitative estimate of drug-likeness (QED) is 0.309. The minimum absolute atomic E-state index is 0.0983. The molecule has 0 bridgehead atoms. The maximum atomic E-state index is 11.0. The van der Waals surface area contributed by atoms with Crippen molar-refractivity contribution in [1.82, 2.24) is 9.97 Å². The van der Waals surface area contributed by atoms with Gasteiger partial charge in [0.05, 0.1) is 16.0 Å². The predicted molar refractivity (Wildman–Crippen MR) is 101 cm³/mol. The van der Waals surface area contributed by atoms with Crippen LogP contribution in [0.2, 0.25) is 0 Å². The van der Waals surface area contributed by atoms with Crippen molar-refractivity contribution in [3.05, 3.63) is 70.4 Å². The maximum absolute atomic E-state index is 11.0. The van der Waals surface area contributed by atoms with E-state index in [-0.39, 0.29) is 17.1 Å². The van der Waals surface area contributed by atoms with Crippen LogP contribution in [0.15, 0.2) is 60.2 Å². The van der Waals surface area contributed by atoms with Gasteiger partial charge in [-0.3, -0.25) is 10.1 Å². The number of hydrogen-bond donors (Lipinski definition) is 2. The number of non-ortho nitro benzene ring substituents is 1. The molecule has 0 aliphatic rings. The summed E-state index contributed by atoms with van der Waals surface area (Å²) >= 11 is 1.48. The van der Waals surface area contributed by atoms with E-state index in [0.29, 0.717) is 5.82 Å². The van der Waals surface area contributed by atoms with Crippen molar-refractivity contribution in [2.24, 2.45) is 0 Å². The van der Waals surface area contributed by atoms with Crippen LogP contribution in [0.4, 0.5) is 17.2 Å². The van der Waals surface area contributed by atoms with Gasteiger partial charge in [-0.25, -0.2) is 9.97 Å². The van der Waals surface area contributed by atoms with Crippen LogP contribution in [0, 0.1) is 10.1 Å². The molecule has 0 fully saturated rings. The molecule has 0 amide bonds. The Morgan fingerprint density at radius 2 is 1.92 bits per heavy atom. The molecule has 128 valence electrons. The van der Waals surface area contributed by atoms with Crippen LogP contribution in [0.25, 0.3) is 21.3 Å². The van der Waals surface area contributed by atoms with Gasteiger partial charge in [0, 0.05) is 23.1 Å². The van der Waals surface area contributed by atoms with Gasteiger partial charge in [-0.15, -0.1) is 11.3 Å². The summed E-state index contributed by atoms with van der Waals surface area (Å²) in [6, 6.07) is 13.6. The van der Waals surface area contributed by atoms with Crippen LogP contribution >= 0.6 is 11.3 Å². The van der Waals surface area contributed by atoms with E-state index in [2.05, 4.69) is 15.3 Å². The summed E-state index contributed by atoms with van der Waals surface area (Å²) in [5.41, 5.74) is 2.06.